The molecular weight excluding hydrogens is 190 g/mol. The summed E-state index contributed by atoms with van der Waals surface area (Å²) in [6, 6.07) is 0.691. The lowest BCUT2D eigenvalue weighted by Crippen LogP contribution is -2.28. The Balaban J connectivity index is 1.74. The van der Waals surface area contributed by atoms with E-state index in [4.69, 9.17) is 0 Å². The van der Waals surface area contributed by atoms with E-state index in [1.807, 2.05) is 17.1 Å². The van der Waals surface area contributed by atoms with Crippen LogP contribution < -0.4 is 5.32 Å². The van der Waals surface area contributed by atoms with Crippen LogP contribution in [0.4, 0.5) is 0 Å². The molecule has 3 nitrogen and oxygen atoms in total. The average molecular weight is 201 g/mol. The van der Waals surface area contributed by atoms with Crippen LogP contribution in [0, 0.1) is 0 Å². The highest BCUT2D eigenvalue weighted by Gasteiger charge is 2.14. The van der Waals surface area contributed by atoms with E-state index in [0.717, 1.165) is 12.2 Å². The van der Waals surface area contributed by atoms with E-state index in [0.29, 0.717) is 6.04 Å². The molecule has 0 bridgehead atoms. The van der Waals surface area contributed by atoms with Crippen LogP contribution in [0.3, 0.4) is 0 Å². The summed E-state index contributed by atoms with van der Waals surface area (Å²) in [7, 11) is 0. The third-order valence-corrected chi connectivity index (χ3v) is 3.62. The standard InChI is InChI=1S/C7H11N3S2/c1-2-11-4-6(1)8-3-7-5-12-10-9-7/h5-6,8H,1-4H2. The molecule has 2 heterocycles. The minimum atomic E-state index is 0.691. The van der Waals surface area contributed by atoms with Gasteiger partial charge in [-0.15, -0.1) is 5.10 Å². The van der Waals surface area contributed by atoms with Crippen molar-refractivity contribution in [2.24, 2.45) is 0 Å². The number of hydrogen-bond acceptors (Lipinski definition) is 5. The van der Waals surface area contributed by atoms with E-state index in [-0.39, 0.29) is 0 Å². The van der Waals surface area contributed by atoms with Crippen LogP contribution in [0.25, 0.3) is 0 Å². The van der Waals surface area contributed by atoms with Crippen molar-refractivity contribution in [3.63, 3.8) is 0 Å². The van der Waals surface area contributed by atoms with Crippen LogP contribution in [-0.2, 0) is 6.54 Å². The van der Waals surface area contributed by atoms with Crippen LogP contribution in [0.15, 0.2) is 5.38 Å². The van der Waals surface area contributed by atoms with Gasteiger partial charge in [-0.05, 0) is 23.7 Å². The summed E-state index contributed by atoms with van der Waals surface area (Å²) in [5.74, 6) is 2.55. The van der Waals surface area contributed by atoms with Gasteiger partial charge in [0.2, 0.25) is 0 Å². The molecule has 1 aliphatic heterocycles. The number of rotatable bonds is 3. The van der Waals surface area contributed by atoms with Crippen LogP contribution in [0.2, 0.25) is 0 Å². The van der Waals surface area contributed by atoms with Crippen molar-refractivity contribution >= 4 is 23.3 Å². The predicted molar refractivity (Wildman–Crippen MR) is 52.5 cm³/mol. The Kier molecular flexibility index (Phi) is 2.97. The van der Waals surface area contributed by atoms with Crippen molar-refractivity contribution in [2.75, 3.05) is 11.5 Å². The van der Waals surface area contributed by atoms with Crippen LogP contribution in [-0.4, -0.2) is 27.1 Å². The third kappa shape index (κ3) is 2.18. The van der Waals surface area contributed by atoms with Crippen molar-refractivity contribution in [3.05, 3.63) is 11.1 Å². The molecule has 0 saturated carbocycles. The summed E-state index contributed by atoms with van der Waals surface area (Å²) >= 11 is 3.44. The molecule has 0 radical (unpaired) electrons. The Morgan fingerprint density at radius 3 is 3.33 bits per heavy atom. The maximum atomic E-state index is 3.98. The summed E-state index contributed by atoms with van der Waals surface area (Å²) in [5.41, 5.74) is 1.07. The molecule has 0 spiro atoms. The van der Waals surface area contributed by atoms with E-state index in [1.165, 1.54) is 29.5 Å². The summed E-state index contributed by atoms with van der Waals surface area (Å²) in [6.07, 6.45) is 1.29. The minimum absolute atomic E-state index is 0.691. The van der Waals surface area contributed by atoms with Crippen molar-refractivity contribution in [3.8, 4) is 0 Å². The normalized spacial score (nSPS) is 23.2. The van der Waals surface area contributed by atoms with Gasteiger partial charge in [-0.3, -0.25) is 0 Å². The Bertz CT molecular complexity index is 219. The molecule has 66 valence electrons. The minimum Gasteiger partial charge on any atom is -0.307 e. The molecule has 1 fully saturated rings. The smallest absolute Gasteiger partial charge is 0.0893 e. The molecule has 1 atom stereocenters. The molecule has 12 heavy (non-hydrogen) atoms. The lowest BCUT2D eigenvalue weighted by atomic mass is 10.2. The molecule has 1 saturated heterocycles. The van der Waals surface area contributed by atoms with Gasteiger partial charge in [-0.25, -0.2) is 0 Å². The van der Waals surface area contributed by atoms with Crippen LogP contribution in [0.1, 0.15) is 12.1 Å². The maximum absolute atomic E-state index is 3.98. The zero-order valence-corrected chi connectivity index (χ0v) is 8.33. The molecule has 1 unspecified atom stereocenters. The highest BCUT2D eigenvalue weighted by Crippen LogP contribution is 2.17. The Morgan fingerprint density at radius 1 is 1.67 bits per heavy atom. The summed E-state index contributed by atoms with van der Waals surface area (Å²) < 4.78 is 3.81. The van der Waals surface area contributed by atoms with Gasteiger partial charge in [0.15, 0.2) is 0 Å². The highest BCUT2D eigenvalue weighted by atomic mass is 32.2. The molecule has 5 heteroatoms. The highest BCUT2D eigenvalue weighted by molar-refractivity contribution is 7.99. The average Bonchev–Trinajstić information content (AvgIpc) is 2.74. The first-order valence-electron chi connectivity index (χ1n) is 4.02. The second-order valence-electron chi connectivity index (χ2n) is 2.84. The fourth-order valence-corrected chi connectivity index (χ4v) is 2.84. The summed E-state index contributed by atoms with van der Waals surface area (Å²) in [4.78, 5) is 0. The van der Waals surface area contributed by atoms with Crippen LogP contribution >= 0.6 is 23.3 Å². The predicted octanol–water partition coefficient (Wildman–Crippen LogP) is 1.13. The van der Waals surface area contributed by atoms with E-state index >= 15 is 0 Å². The molecule has 1 aromatic heterocycles. The van der Waals surface area contributed by atoms with E-state index in [2.05, 4.69) is 14.9 Å². The monoisotopic (exact) mass is 201 g/mol. The van der Waals surface area contributed by atoms with E-state index in [1.54, 1.807) is 0 Å². The van der Waals surface area contributed by atoms with E-state index < -0.39 is 0 Å². The van der Waals surface area contributed by atoms with Gasteiger partial charge in [-0.2, -0.15) is 11.8 Å². The number of thioether (sulfide) groups is 1. The van der Waals surface area contributed by atoms with Crippen molar-refractivity contribution in [2.45, 2.75) is 19.0 Å². The first-order valence-corrected chi connectivity index (χ1v) is 6.01. The van der Waals surface area contributed by atoms with Gasteiger partial charge in [0.1, 0.15) is 0 Å². The zero-order valence-electron chi connectivity index (χ0n) is 6.69. The van der Waals surface area contributed by atoms with Gasteiger partial charge >= 0.3 is 0 Å². The quantitative estimate of drug-likeness (QED) is 0.795. The Labute approximate surface area is 80.1 Å². The second-order valence-corrected chi connectivity index (χ2v) is 4.60. The lowest BCUT2D eigenvalue weighted by Gasteiger charge is -2.08. The summed E-state index contributed by atoms with van der Waals surface area (Å²) in [5, 5.41) is 9.44. The molecule has 1 aliphatic rings. The van der Waals surface area contributed by atoms with Crippen molar-refractivity contribution in [1.82, 2.24) is 14.9 Å². The number of hydrogen-bond donors (Lipinski definition) is 1. The van der Waals surface area contributed by atoms with E-state index in [9.17, 15) is 0 Å². The van der Waals surface area contributed by atoms with Gasteiger partial charge in [0, 0.05) is 23.7 Å². The SMILES string of the molecule is c1snnc1CNC1CCSC1. The fourth-order valence-electron chi connectivity index (χ4n) is 1.21. The first-order chi connectivity index (χ1) is 5.95. The molecule has 1 N–H and O–H groups in total. The molecule has 2 rings (SSSR count). The van der Waals surface area contributed by atoms with Gasteiger partial charge in [-0.1, -0.05) is 4.49 Å². The summed E-state index contributed by atoms with van der Waals surface area (Å²) in [6.45, 7) is 0.877. The van der Waals surface area contributed by atoms with Crippen molar-refractivity contribution < 1.29 is 0 Å². The first kappa shape index (κ1) is 8.47. The zero-order chi connectivity index (χ0) is 8.23. The third-order valence-electron chi connectivity index (χ3n) is 1.91. The largest absolute Gasteiger partial charge is 0.307 e. The topological polar surface area (TPSA) is 37.8 Å². The lowest BCUT2D eigenvalue weighted by molar-refractivity contribution is 0.551. The molecule has 0 aliphatic carbocycles. The molecule has 0 aromatic carbocycles. The fraction of sp³-hybridized carbons (Fsp3) is 0.714. The molecule has 1 aromatic rings. The molecule has 0 amide bonds. The van der Waals surface area contributed by atoms with Gasteiger partial charge < -0.3 is 5.32 Å². The Morgan fingerprint density at radius 2 is 2.67 bits per heavy atom. The maximum Gasteiger partial charge on any atom is 0.0893 e. The molecular formula is C7H11N3S2. The van der Waals surface area contributed by atoms with Crippen molar-refractivity contribution in [1.29, 1.82) is 0 Å². The van der Waals surface area contributed by atoms with Gasteiger partial charge in [0.25, 0.3) is 0 Å². The Hall–Kier alpha value is -0.130. The number of nitrogens with one attached hydrogen (secondary N) is 1. The van der Waals surface area contributed by atoms with Crippen LogP contribution in [0.5, 0.6) is 0 Å². The second kappa shape index (κ2) is 4.20. The number of nitrogens with zero attached hydrogens (tertiary/aromatic N) is 2. The number of aromatic nitrogens is 2. The van der Waals surface area contributed by atoms with Gasteiger partial charge in [0.05, 0.1) is 5.69 Å².